The third kappa shape index (κ3) is 4.91. The summed E-state index contributed by atoms with van der Waals surface area (Å²) >= 11 is 1.77. The van der Waals surface area contributed by atoms with Gasteiger partial charge in [-0.1, -0.05) is 11.2 Å². The Morgan fingerprint density at radius 1 is 1.43 bits per heavy atom. The maximum Gasteiger partial charge on any atom is 0.226 e. The summed E-state index contributed by atoms with van der Waals surface area (Å²) in [7, 11) is 0. The van der Waals surface area contributed by atoms with Crippen molar-refractivity contribution in [3.63, 3.8) is 0 Å². The van der Waals surface area contributed by atoms with Crippen LogP contribution in [0, 0.1) is 0 Å². The first-order chi connectivity index (χ1) is 9.97. The van der Waals surface area contributed by atoms with Gasteiger partial charge in [0.1, 0.15) is 5.54 Å². The largest absolute Gasteiger partial charge is 0.376 e. The van der Waals surface area contributed by atoms with Gasteiger partial charge in [-0.15, -0.1) is 11.3 Å². The predicted octanol–water partition coefficient (Wildman–Crippen LogP) is 2.91. The van der Waals surface area contributed by atoms with Gasteiger partial charge in [0.25, 0.3) is 0 Å². The van der Waals surface area contributed by atoms with E-state index in [2.05, 4.69) is 27.7 Å². The van der Waals surface area contributed by atoms with Gasteiger partial charge in [0.2, 0.25) is 5.89 Å². The lowest BCUT2D eigenvalue weighted by molar-refractivity contribution is 0.0410. The molecule has 0 radical (unpaired) electrons. The van der Waals surface area contributed by atoms with E-state index >= 15 is 0 Å². The molecule has 1 unspecified atom stereocenters. The van der Waals surface area contributed by atoms with Crippen molar-refractivity contribution in [2.75, 3.05) is 6.61 Å². The third-order valence-electron chi connectivity index (χ3n) is 3.09. The van der Waals surface area contributed by atoms with Crippen LogP contribution < -0.4 is 5.73 Å². The lowest BCUT2D eigenvalue weighted by Gasteiger charge is -2.21. The Morgan fingerprint density at radius 3 is 2.90 bits per heavy atom. The van der Waals surface area contributed by atoms with E-state index in [0.717, 1.165) is 19.3 Å². The summed E-state index contributed by atoms with van der Waals surface area (Å²) in [5, 5.41) is 6.08. The zero-order valence-electron chi connectivity index (χ0n) is 12.8. The van der Waals surface area contributed by atoms with Gasteiger partial charge in [-0.2, -0.15) is 4.98 Å². The number of nitrogens with two attached hydrogens (primary N) is 1. The highest BCUT2D eigenvalue weighted by Gasteiger charge is 2.28. The Bertz CT molecular complexity index is 535. The summed E-state index contributed by atoms with van der Waals surface area (Å²) in [6.45, 7) is 6.18. The molecule has 6 heteroatoms. The Hall–Kier alpha value is -1.24. The quantitative estimate of drug-likeness (QED) is 0.811. The van der Waals surface area contributed by atoms with Gasteiger partial charge in [-0.05, 0) is 45.1 Å². The second kappa shape index (κ2) is 7.15. The van der Waals surface area contributed by atoms with Gasteiger partial charge in [0, 0.05) is 11.3 Å². The number of aromatic nitrogens is 2. The molecule has 21 heavy (non-hydrogen) atoms. The van der Waals surface area contributed by atoms with E-state index in [1.165, 1.54) is 4.88 Å². The summed E-state index contributed by atoms with van der Waals surface area (Å²) in [5.41, 5.74) is 5.47. The minimum Gasteiger partial charge on any atom is -0.376 e. The summed E-state index contributed by atoms with van der Waals surface area (Å²) in [5.74, 6) is 1.15. The topological polar surface area (TPSA) is 74.2 Å². The molecule has 0 aliphatic rings. The number of hydrogen-bond acceptors (Lipinski definition) is 6. The van der Waals surface area contributed by atoms with E-state index < -0.39 is 5.54 Å². The molecule has 0 aliphatic carbocycles. The van der Waals surface area contributed by atoms with Crippen molar-refractivity contribution in [2.45, 2.75) is 51.7 Å². The SMILES string of the molecule is CC(C)OCC(C)(N)c1noc(CCCc2cccs2)n1. The van der Waals surface area contributed by atoms with E-state index in [-0.39, 0.29) is 6.10 Å². The fraction of sp³-hybridized carbons (Fsp3) is 0.600. The van der Waals surface area contributed by atoms with E-state index in [1.807, 2.05) is 20.8 Å². The molecule has 0 spiro atoms. The average Bonchev–Trinajstić information content (AvgIpc) is 3.08. The van der Waals surface area contributed by atoms with Crippen molar-refractivity contribution in [1.29, 1.82) is 0 Å². The van der Waals surface area contributed by atoms with Crippen LogP contribution in [0.25, 0.3) is 0 Å². The average molecular weight is 309 g/mol. The van der Waals surface area contributed by atoms with E-state index in [4.69, 9.17) is 15.0 Å². The maximum atomic E-state index is 6.20. The van der Waals surface area contributed by atoms with Gasteiger partial charge >= 0.3 is 0 Å². The van der Waals surface area contributed by atoms with Crippen LogP contribution in [0.1, 0.15) is 43.8 Å². The molecule has 2 rings (SSSR count). The number of nitrogens with zero attached hydrogens (tertiary/aromatic N) is 2. The molecular formula is C15H23N3O2S. The Balaban J connectivity index is 1.85. The Kier molecular flexibility index (Phi) is 5.50. The van der Waals surface area contributed by atoms with E-state index in [1.54, 1.807) is 11.3 Å². The molecule has 2 N–H and O–H groups in total. The van der Waals surface area contributed by atoms with Crippen molar-refractivity contribution in [3.05, 3.63) is 34.1 Å². The number of aryl methyl sites for hydroxylation is 2. The predicted molar refractivity (Wildman–Crippen MR) is 83.3 cm³/mol. The molecule has 2 aromatic heterocycles. The van der Waals surface area contributed by atoms with Gasteiger partial charge in [0.15, 0.2) is 5.82 Å². The van der Waals surface area contributed by atoms with Gasteiger partial charge in [-0.3, -0.25) is 0 Å². The number of ether oxygens (including phenoxy) is 1. The van der Waals surface area contributed by atoms with E-state index in [9.17, 15) is 0 Å². The highest BCUT2D eigenvalue weighted by Crippen LogP contribution is 2.17. The molecule has 0 aliphatic heterocycles. The fourth-order valence-corrected chi connectivity index (χ4v) is 2.61. The Labute approximate surface area is 129 Å². The van der Waals surface area contributed by atoms with Crippen molar-refractivity contribution >= 4 is 11.3 Å². The number of rotatable bonds is 8. The van der Waals surface area contributed by atoms with Gasteiger partial charge in [-0.25, -0.2) is 0 Å². The Morgan fingerprint density at radius 2 is 2.24 bits per heavy atom. The van der Waals surface area contributed by atoms with Crippen LogP contribution in [0.15, 0.2) is 22.0 Å². The molecule has 0 saturated carbocycles. The first kappa shape index (κ1) is 16.1. The van der Waals surface area contributed by atoms with Crippen LogP contribution in [0.4, 0.5) is 0 Å². The van der Waals surface area contributed by atoms with Crippen LogP contribution in [-0.4, -0.2) is 22.9 Å². The lowest BCUT2D eigenvalue weighted by Crippen LogP contribution is -2.40. The van der Waals surface area contributed by atoms with Crippen molar-refractivity contribution in [1.82, 2.24) is 10.1 Å². The normalized spacial score (nSPS) is 14.5. The summed E-state index contributed by atoms with van der Waals surface area (Å²) in [4.78, 5) is 5.78. The van der Waals surface area contributed by atoms with Gasteiger partial charge < -0.3 is 15.0 Å². The zero-order chi connectivity index (χ0) is 15.3. The number of hydrogen-bond donors (Lipinski definition) is 1. The molecule has 1 atom stereocenters. The molecule has 0 aromatic carbocycles. The molecule has 0 saturated heterocycles. The molecule has 0 fully saturated rings. The smallest absolute Gasteiger partial charge is 0.226 e. The second-order valence-electron chi connectivity index (χ2n) is 5.72. The van der Waals surface area contributed by atoms with Gasteiger partial charge in [0.05, 0.1) is 12.7 Å². The molecule has 5 nitrogen and oxygen atoms in total. The van der Waals surface area contributed by atoms with Crippen LogP contribution in [-0.2, 0) is 23.1 Å². The standard InChI is InChI=1S/C15H23N3O2S/c1-11(2)19-10-15(3,16)14-17-13(20-18-14)8-4-6-12-7-5-9-21-12/h5,7,9,11H,4,6,8,10,16H2,1-3H3. The monoisotopic (exact) mass is 309 g/mol. The van der Waals surface area contributed by atoms with Crippen LogP contribution in [0.2, 0.25) is 0 Å². The minimum atomic E-state index is -0.722. The zero-order valence-corrected chi connectivity index (χ0v) is 13.7. The maximum absolute atomic E-state index is 6.20. The van der Waals surface area contributed by atoms with Crippen LogP contribution >= 0.6 is 11.3 Å². The molecular weight excluding hydrogens is 286 g/mol. The van der Waals surface area contributed by atoms with Crippen molar-refractivity contribution in [3.8, 4) is 0 Å². The van der Waals surface area contributed by atoms with Crippen LogP contribution in [0.5, 0.6) is 0 Å². The third-order valence-corrected chi connectivity index (χ3v) is 4.03. The molecule has 0 bridgehead atoms. The summed E-state index contributed by atoms with van der Waals surface area (Å²) in [6.07, 6.45) is 2.92. The molecule has 116 valence electrons. The van der Waals surface area contributed by atoms with E-state index in [0.29, 0.717) is 18.3 Å². The number of thiophene rings is 1. The highest BCUT2D eigenvalue weighted by molar-refractivity contribution is 7.09. The highest BCUT2D eigenvalue weighted by atomic mass is 32.1. The van der Waals surface area contributed by atoms with Crippen molar-refractivity contribution < 1.29 is 9.26 Å². The summed E-state index contributed by atoms with van der Waals surface area (Å²) in [6, 6.07) is 4.21. The first-order valence-electron chi connectivity index (χ1n) is 7.23. The minimum absolute atomic E-state index is 0.130. The fourth-order valence-electron chi connectivity index (χ4n) is 1.86. The molecule has 0 amide bonds. The second-order valence-corrected chi connectivity index (χ2v) is 6.75. The van der Waals surface area contributed by atoms with Crippen molar-refractivity contribution in [2.24, 2.45) is 5.73 Å². The van der Waals surface area contributed by atoms with Crippen LogP contribution in [0.3, 0.4) is 0 Å². The lowest BCUT2D eigenvalue weighted by atomic mass is 10.1. The molecule has 2 heterocycles. The first-order valence-corrected chi connectivity index (χ1v) is 8.11. The summed E-state index contributed by atoms with van der Waals surface area (Å²) < 4.78 is 10.8. The molecule has 2 aromatic rings.